The summed E-state index contributed by atoms with van der Waals surface area (Å²) in [5.41, 5.74) is -0.101. The van der Waals surface area contributed by atoms with Gasteiger partial charge in [0, 0.05) is 0 Å². The summed E-state index contributed by atoms with van der Waals surface area (Å²) in [5.74, 6) is 0.987. The lowest BCUT2D eigenvalue weighted by molar-refractivity contribution is 0.0489. The normalized spacial score (nSPS) is 12.5. The molecule has 1 atom stereocenters. The first-order chi connectivity index (χ1) is 9.78. The third kappa shape index (κ3) is 5.15. The predicted molar refractivity (Wildman–Crippen MR) is 78.7 cm³/mol. The summed E-state index contributed by atoms with van der Waals surface area (Å²) >= 11 is 0. The van der Waals surface area contributed by atoms with Gasteiger partial charge in [-0.2, -0.15) is 0 Å². The summed E-state index contributed by atoms with van der Waals surface area (Å²) in [6.07, 6.45) is -1.56. The van der Waals surface area contributed by atoms with Crippen molar-refractivity contribution in [3.8, 4) is 11.5 Å². The van der Waals surface area contributed by atoms with Crippen molar-refractivity contribution in [3.63, 3.8) is 0 Å². The molecular formula is C15H23NO5. The van der Waals surface area contributed by atoms with Gasteiger partial charge < -0.3 is 24.6 Å². The zero-order valence-corrected chi connectivity index (χ0v) is 13.1. The number of amides is 1. The van der Waals surface area contributed by atoms with Crippen LogP contribution in [0.4, 0.5) is 4.79 Å². The minimum atomic E-state index is -0.969. The van der Waals surface area contributed by atoms with E-state index in [9.17, 15) is 9.90 Å². The molecule has 6 nitrogen and oxygen atoms in total. The van der Waals surface area contributed by atoms with Crippen molar-refractivity contribution in [2.24, 2.45) is 0 Å². The third-order valence-corrected chi connectivity index (χ3v) is 2.64. The molecule has 21 heavy (non-hydrogen) atoms. The maximum atomic E-state index is 11.6. The van der Waals surface area contributed by atoms with Crippen LogP contribution in [-0.4, -0.2) is 37.6 Å². The number of benzene rings is 1. The molecule has 0 aliphatic carbocycles. The fourth-order valence-corrected chi connectivity index (χ4v) is 1.80. The molecule has 0 aliphatic heterocycles. The van der Waals surface area contributed by atoms with Crippen LogP contribution in [-0.2, 0) is 4.74 Å². The molecule has 6 heteroatoms. The van der Waals surface area contributed by atoms with E-state index in [1.165, 1.54) is 14.2 Å². The molecule has 1 amide bonds. The van der Waals surface area contributed by atoms with E-state index in [-0.39, 0.29) is 6.54 Å². The number of nitrogens with one attached hydrogen (secondary N) is 1. The highest BCUT2D eigenvalue weighted by Gasteiger charge is 2.21. The first-order valence-electron chi connectivity index (χ1n) is 6.64. The van der Waals surface area contributed by atoms with Gasteiger partial charge in [0.25, 0.3) is 0 Å². The lowest BCUT2D eigenvalue weighted by Gasteiger charge is -2.21. The summed E-state index contributed by atoms with van der Waals surface area (Å²) in [6.45, 7) is 5.30. The predicted octanol–water partition coefficient (Wildman–Crippen LogP) is 2.26. The highest BCUT2D eigenvalue weighted by molar-refractivity contribution is 5.67. The van der Waals surface area contributed by atoms with Crippen LogP contribution in [0.3, 0.4) is 0 Å². The van der Waals surface area contributed by atoms with Crippen LogP contribution < -0.4 is 14.8 Å². The Kier molecular flexibility index (Phi) is 5.84. The molecule has 2 N–H and O–H groups in total. The Morgan fingerprint density at radius 3 is 2.19 bits per heavy atom. The topological polar surface area (TPSA) is 77.0 Å². The summed E-state index contributed by atoms with van der Waals surface area (Å²) < 4.78 is 15.5. The van der Waals surface area contributed by atoms with E-state index in [1.807, 2.05) is 0 Å². The fourth-order valence-electron chi connectivity index (χ4n) is 1.80. The summed E-state index contributed by atoms with van der Waals surface area (Å²) in [7, 11) is 3.01. The van der Waals surface area contributed by atoms with E-state index in [0.29, 0.717) is 17.1 Å². The molecule has 1 aromatic rings. The molecule has 0 radical (unpaired) electrons. The van der Waals surface area contributed by atoms with Gasteiger partial charge in [-0.05, 0) is 32.9 Å². The van der Waals surface area contributed by atoms with E-state index in [1.54, 1.807) is 39.0 Å². The lowest BCUT2D eigenvalue weighted by Crippen LogP contribution is -2.34. The second-order valence-corrected chi connectivity index (χ2v) is 5.47. The molecule has 0 aliphatic rings. The van der Waals surface area contributed by atoms with Gasteiger partial charge in [-0.15, -0.1) is 0 Å². The van der Waals surface area contributed by atoms with E-state index in [0.717, 1.165) is 0 Å². The quantitative estimate of drug-likeness (QED) is 0.871. The first-order valence-corrected chi connectivity index (χ1v) is 6.64. The van der Waals surface area contributed by atoms with Gasteiger partial charge >= 0.3 is 6.09 Å². The van der Waals surface area contributed by atoms with E-state index < -0.39 is 17.8 Å². The van der Waals surface area contributed by atoms with Crippen LogP contribution >= 0.6 is 0 Å². The number of hydrogen-bond donors (Lipinski definition) is 2. The number of alkyl carbamates (subject to hydrolysis) is 1. The van der Waals surface area contributed by atoms with E-state index in [2.05, 4.69) is 5.32 Å². The van der Waals surface area contributed by atoms with Crippen LogP contribution in [0.1, 0.15) is 32.4 Å². The van der Waals surface area contributed by atoms with Crippen molar-refractivity contribution < 1.29 is 24.1 Å². The van der Waals surface area contributed by atoms with Crippen molar-refractivity contribution in [2.45, 2.75) is 32.5 Å². The molecule has 0 aromatic heterocycles. The highest BCUT2D eigenvalue weighted by atomic mass is 16.6. The smallest absolute Gasteiger partial charge is 0.407 e. The van der Waals surface area contributed by atoms with E-state index >= 15 is 0 Å². The van der Waals surface area contributed by atoms with Gasteiger partial charge in [0.15, 0.2) is 0 Å². The monoisotopic (exact) mass is 297 g/mol. The second kappa shape index (κ2) is 7.17. The van der Waals surface area contributed by atoms with Crippen LogP contribution in [0.15, 0.2) is 18.2 Å². The number of aliphatic hydroxyl groups excluding tert-OH is 1. The van der Waals surface area contributed by atoms with Crippen LogP contribution in [0, 0.1) is 0 Å². The maximum Gasteiger partial charge on any atom is 0.407 e. The molecule has 0 unspecified atom stereocenters. The van der Waals surface area contributed by atoms with Gasteiger partial charge in [-0.1, -0.05) is 6.07 Å². The molecule has 118 valence electrons. The molecular weight excluding hydrogens is 274 g/mol. The molecule has 0 heterocycles. The van der Waals surface area contributed by atoms with Crippen molar-refractivity contribution in [1.29, 1.82) is 0 Å². The number of hydrogen-bond acceptors (Lipinski definition) is 5. The Bertz CT molecular complexity index is 459. The summed E-state index contributed by atoms with van der Waals surface area (Å²) in [6, 6.07) is 5.19. The molecule has 0 bridgehead atoms. The second-order valence-electron chi connectivity index (χ2n) is 5.47. The number of ether oxygens (including phenoxy) is 3. The maximum absolute atomic E-state index is 11.6. The number of carbonyl (C=O) groups is 1. The Labute approximate surface area is 125 Å². The molecule has 0 fully saturated rings. The van der Waals surface area contributed by atoms with Crippen molar-refractivity contribution in [1.82, 2.24) is 5.32 Å². The SMILES string of the molecule is COc1cccc(OC)c1[C@@H](O)CNC(=O)OC(C)(C)C. The highest BCUT2D eigenvalue weighted by Crippen LogP contribution is 2.33. The standard InChI is InChI=1S/C15H23NO5/c1-15(2,3)21-14(18)16-9-10(17)13-11(19-4)7-6-8-12(13)20-5/h6-8,10,17H,9H2,1-5H3,(H,16,18)/t10-/m0/s1. The Hall–Kier alpha value is -1.95. The van der Waals surface area contributed by atoms with Gasteiger partial charge in [-0.3, -0.25) is 0 Å². The number of carbonyl (C=O) groups excluding carboxylic acids is 1. The van der Waals surface area contributed by atoms with Gasteiger partial charge in [0.1, 0.15) is 23.2 Å². The number of rotatable bonds is 5. The van der Waals surface area contributed by atoms with Crippen LogP contribution in [0.2, 0.25) is 0 Å². The summed E-state index contributed by atoms with van der Waals surface area (Å²) in [4.78, 5) is 11.6. The molecule has 0 saturated carbocycles. The Balaban J connectivity index is 2.76. The largest absolute Gasteiger partial charge is 0.496 e. The average Bonchev–Trinajstić information content (AvgIpc) is 2.41. The summed E-state index contributed by atoms with van der Waals surface area (Å²) in [5, 5.41) is 12.8. The molecule has 1 rings (SSSR count). The van der Waals surface area contributed by atoms with Gasteiger partial charge in [0.05, 0.1) is 26.3 Å². The lowest BCUT2D eigenvalue weighted by atomic mass is 10.1. The van der Waals surface area contributed by atoms with Crippen molar-refractivity contribution in [3.05, 3.63) is 23.8 Å². The average molecular weight is 297 g/mol. The third-order valence-electron chi connectivity index (χ3n) is 2.64. The molecule has 0 saturated heterocycles. The van der Waals surface area contributed by atoms with Gasteiger partial charge in [-0.25, -0.2) is 4.79 Å². The Morgan fingerprint density at radius 2 is 1.76 bits per heavy atom. The molecule has 1 aromatic carbocycles. The number of methoxy groups -OCH3 is 2. The van der Waals surface area contributed by atoms with Gasteiger partial charge in [0.2, 0.25) is 0 Å². The minimum Gasteiger partial charge on any atom is -0.496 e. The van der Waals surface area contributed by atoms with Crippen molar-refractivity contribution >= 4 is 6.09 Å². The van der Waals surface area contributed by atoms with E-state index in [4.69, 9.17) is 14.2 Å². The van der Waals surface area contributed by atoms with Crippen molar-refractivity contribution in [2.75, 3.05) is 20.8 Å². The fraction of sp³-hybridized carbons (Fsp3) is 0.533. The van der Waals surface area contributed by atoms with Crippen LogP contribution in [0.25, 0.3) is 0 Å². The number of aliphatic hydroxyl groups is 1. The minimum absolute atomic E-state index is 0.00829. The zero-order valence-electron chi connectivity index (χ0n) is 13.1. The van der Waals surface area contributed by atoms with Crippen LogP contribution in [0.5, 0.6) is 11.5 Å². The molecule has 0 spiro atoms. The zero-order chi connectivity index (χ0) is 16.0. The first kappa shape index (κ1) is 17.1. The Morgan fingerprint density at radius 1 is 1.24 bits per heavy atom.